The van der Waals surface area contributed by atoms with Crippen LogP contribution in [0.3, 0.4) is 0 Å². The second-order valence-corrected chi connectivity index (χ2v) is 7.36. The van der Waals surface area contributed by atoms with E-state index in [4.69, 9.17) is 22.1 Å². The number of halogens is 1. The highest BCUT2D eigenvalue weighted by atomic mass is 35.5. The number of hydrogen-bond acceptors (Lipinski definition) is 3. The zero-order valence-corrected chi connectivity index (χ0v) is 16.9. The zero-order chi connectivity index (χ0) is 19.4. The molecule has 0 aliphatic carbocycles. The molecule has 27 heavy (non-hydrogen) atoms. The van der Waals surface area contributed by atoms with Crippen molar-refractivity contribution in [3.8, 4) is 0 Å². The Balaban J connectivity index is 1.90. The van der Waals surface area contributed by atoms with Gasteiger partial charge in [0.25, 0.3) is 0 Å². The largest absolute Gasteiger partial charge is 0.480 e. The number of nitrogens with zero attached hydrogens (tertiary/aromatic N) is 2. The van der Waals surface area contributed by atoms with Crippen LogP contribution >= 0.6 is 11.6 Å². The first-order valence-electron chi connectivity index (χ1n) is 9.43. The van der Waals surface area contributed by atoms with E-state index in [0.717, 1.165) is 43.1 Å². The van der Waals surface area contributed by atoms with E-state index in [9.17, 15) is 0 Å². The van der Waals surface area contributed by atoms with Crippen molar-refractivity contribution in [1.82, 2.24) is 9.47 Å². The van der Waals surface area contributed by atoms with Crippen LogP contribution in [0.2, 0.25) is 5.02 Å². The molecule has 1 aliphatic rings. The first kappa shape index (κ1) is 19.6. The van der Waals surface area contributed by atoms with Crippen LogP contribution in [-0.2, 0) is 24.2 Å². The van der Waals surface area contributed by atoms with Gasteiger partial charge in [-0.05, 0) is 55.8 Å². The van der Waals surface area contributed by atoms with Gasteiger partial charge in [0.05, 0.1) is 6.61 Å². The Morgan fingerprint density at radius 2 is 2.19 bits per heavy atom. The lowest BCUT2D eigenvalue weighted by atomic mass is 10.1. The summed E-state index contributed by atoms with van der Waals surface area (Å²) in [6, 6.07) is 6.22. The summed E-state index contributed by atoms with van der Waals surface area (Å²) >= 11 is 6.28. The summed E-state index contributed by atoms with van der Waals surface area (Å²) in [5, 5.41) is 2.06. The fourth-order valence-corrected chi connectivity index (χ4v) is 3.88. The molecule has 0 radical (unpaired) electrons. The highest BCUT2D eigenvalue weighted by molar-refractivity contribution is 6.31. The molecular formula is C22H28ClN3O. The van der Waals surface area contributed by atoms with Crippen LogP contribution in [-0.4, -0.2) is 29.7 Å². The molecule has 0 saturated carbocycles. The zero-order valence-electron chi connectivity index (χ0n) is 16.2. The van der Waals surface area contributed by atoms with Crippen molar-refractivity contribution in [3.63, 3.8) is 0 Å². The maximum absolute atomic E-state index is 6.28. The molecule has 2 N–H and O–H groups in total. The Hall–Kier alpha value is -2.17. The number of nitrogens with two attached hydrogens (primary N) is 1. The van der Waals surface area contributed by atoms with Crippen LogP contribution in [0, 0.1) is 0 Å². The first-order chi connectivity index (χ1) is 13.0. The normalized spacial score (nSPS) is 15.8. The molecular weight excluding hydrogens is 358 g/mol. The maximum Gasteiger partial charge on any atom is 0.183 e. The lowest BCUT2D eigenvalue weighted by Crippen LogP contribution is -2.27. The van der Waals surface area contributed by atoms with Crippen LogP contribution in [0.4, 0.5) is 0 Å². The van der Waals surface area contributed by atoms with Gasteiger partial charge in [-0.25, -0.2) is 0 Å². The summed E-state index contributed by atoms with van der Waals surface area (Å²) in [5.41, 5.74) is 11.0. The molecule has 5 heteroatoms. The van der Waals surface area contributed by atoms with Crippen molar-refractivity contribution in [2.45, 2.75) is 32.9 Å². The standard InChI is InChI=1S/C22H28ClN3O/c1-4-16(6-9-22(24)27-5-2)10-13-26-20-8-7-17(23)14-18(20)19-15-25(3)12-11-21(19)26/h4,6-9,14H,1,5,10-13,15,24H2,2-3H3/b16-6+,22-9+. The van der Waals surface area contributed by atoms with Gasteiger partial charge < -0.3 is 19.9 Å². The van der Waals surface area contributed by atoms with Crippen molar-refractivity contribution in [2.75, 3.05) is 20.2 Å². The number of benzene rings is 1. The molecule has 4 nitrogen and oxygen atoms in total. The molecule has 2 heterocycles. The molecule has 144 valence electrons. The second-order valence-electron chi connectivity index (χ2n) is 6.92. The summed E-state index contributed by atoms with van der Waals surface area (Å²) in [6.07, 6.45) is 7.62. The Labute approximate surface area is 166 Å². The lowest BCUT2D eigenvalue weighted by Gasteiger charge is -2.24. The Kier molecular flexibility index (Phi) is 6.30. The first-order valence-corrected chi connectivity index (χ1v) is 9.80. The molecule has 0 bridgehead atoms. The number of allylic oxidation sites excluding steroid dienone is 4. The fourth-order valence-electron chi connectivity index (χ4n) is 3.71. The van der Waals surface area contributed by atoms with Crippen molar-refractivity contribution < 1.29 is 4.74 Å². The minimum absolute atomic E-state index is 0.429. The van der Waals surface area contributed by atoms with Gasteiger partial charge in [0.15, 0.2) is 5.88 Å². The van der Waals surface area contributed by atoms with Crippen molar-refractivity contribution in [2.24, 2.45) is 5.73 Å². The van der Waals surface area contributed by atoms with Crippen LogP contribution in [0.15, 0.2) is 54.5 Å². The third-order valence-electron chi connectivity index (χ3n) is 5.07. The molecule has 0 saturated heterocycles. The smallest absolute Gasteiger partial charge is 0.183 e. The minimum atomic E-state index is 0.429. The molecule has 1 aromatic heterocycles. The van der Waals surface area contributed by atoms with Gasteiger partial charge in [0, 0.05) is 47.7 Å². The molecule has 0 fully saturated rings. The van der Waals surface area contributed by atoms with Gasteiger partial charge in [-0.1, -0.05) is 30.3 Å². The summed E-state index contributed by atoms with van der Waals surface area (Å²) < 4.78 is 7.72. The van der Waals surface area contributed by atoms with Gasteiger partial charge in [-0.2, -0.15) is 0 Å². The van der Waals surface area contributed by atoms with Gasteiger partial charge in [0.1, 0.15) is 0 Å². The maximum atomic E-state index is 6.28. The van der Waals surface area contributed by atoms with E-state index in [1.807, 2.05) is 25.1 Å². The van der Waals surface area contributed by atoms with E-state index in [-0.39, 0.29) is 0 Å². The average molecular weight is 386 g/mol. The third-order valence-corrected chi connectivity index (χ3v) is 5.30. The second kappa shape index (κ2) is 8.68. The number of rotatable bonds is 7. The molecule has 0 amide bonds. The highest BCUT2D eigenvalue weighted by Crippen LogP contribution is 2.32. The predicted molar refractivity (Wildman–Crippen MR) is 114 cm³/mol. The van der Waals surface area contributed by atoms with Crippen LogP contribution < -0.4 is 5.73 Å². The summed E-state index contributed by atoms with van der Waals surface area (Å²) in [6.45, 7) is 9.38. The minimum Gasteiger partial charge on any atom is -0.480 e. The van der Waals surface area contributed by atoms with E-state index in [2.05, 4.69) is 35.2 Å². The number of ether oxygens (including phenoxy) is 1. The average Bonchev–Trinajstić information content (AvgIpc) is 2.94. The van der Waals surface area contributed by atoms with E-state index >= 15 is 0 Å². The summed E-state index contributed by atoms with van der Waals surface area (Å²) in [4.78, 5) is 2.36. The predicted octanol–water partition coefficient (Wildman–Crippen LogP) is 4.62. The lowest BCUT2D eigenvalue weighted by molar-refractivity contribution is 0.226. The quantitative estimate of drug-likeness (QED) is 0.558. The molecule has 0 unspecified atom stereocenters. The molecule has 1 aliphatic heterocycles. The molecule has 2 aromatic rings. The number of fused-ring (bicyclic) bond motifs is 3. The van der Waals surface area contributed by atoms with Crippen LogP contribution in [0.25, 0.3) is 10.9 Å². The van der Waals surface area contributed by atoms with Gasteiger partial charge in [-0.15, -0.1) is 0 Å². The van der Waals surface area contributed by atoms with E-state index in [1.165, 1.54) is 22.2 Å². The van der Waals surface area contributed by atoms with Gasteiger partial charge in [0.2, 0.25) is 0 Å². The summed E-state index contributed by atoms with van der Waals surface area (Å²) in [5.74, 6) is 0.429. The third kappa shape index (κ3) is 4.40. The molecule has 0 atom stereocenters. The van der Waals surface area contributed by atoms with E-state index in [0.29, 0.717) is 12.5 Å². The Morgan fingerprint density at radius 3 is 2.93 bits per heavy atom. The van der Waals surface area contributed by atoms with Crippen molar-refractivity contribution in [1.29, 1.82) is 0 Å². The SMILES string of the molecule is C=C/C(=C\C=C(/N)OCC)CCn1c2c(c3cc(Cl)ccc31)CN(C)CC2. The highest BCUT2D eigenvalue weighted by Gasteiger charge is 2.22. The topological polar surface area (TPSA) is 43.4 Å². The summed E-state index contributed by atoms with van der Waals surface area (Å²) in [7, 11) is 2.17. The number of hydrogen-bond donors (Lipinski definition) is 1. The van der Waals surface area contributed by atoms with Crippen molar-refractivity contribution >= 4 is 22.5 Å². The number of aromatic nitrogens is 1. The Bertz CT molecular complexity index is 895. The Morgan fingerprint density at radius 1 is 1.37 bits per heavy atom. The van der Waals surface area contributed by atoms with Crippen LogP contribution in [0.5, 0.6) is 0 Å². The van der Waals surface area contributed by atoms with Crippen molar-refractivity contribution in [3.05, 3.63) is 70.7 Å². The van der Waals surface area contributed by atoms with E-state index < -0.39 is 0 Å². The van der Waals surface area contributed by atoms with Gasteiger partial charge in [-0.3, -0.25) is 0 Å². The fraction of sp³-hybridized carbons (Fsp3) is 0.364. The number of likely N-dealkylation sites (N-methyl/N-ethyl adjacent to an activating group) is 1. The molecule has 3 rings (SSSR count). The van der Waals surface area contributed by atoms with Crippen LogP contribution in [0.1, 0.15) is 24.6 Å². The van der Waals surface area contributed by atoms with Gasteiger partial charge >= 0.3 is 0 Å². The number of aryl methyl sites for hydroxylation is 1. The molecule has 1 aromatic carbocycles. The molecule has 0 spiro atoms. The van der Waals surface area contributed by atoms with E-state index in [1.54, 1.807) is 6.08 Å². The monoisotopic (exact) mass is 385 g/mol.